The average molecular weight is 261 g/mol. The Hall–Kier alpha value is 0.627. The molecule has 17 heavy (non-hydrogen) atoms. The van der Waals surface area contributed by atoms with E-state index in [9.17, 15) is 9.46 Å². The minimum Gasteiger partial charge on any atom is -1.00 e. The summed E-state index contributed by atoms with van der Waals surface area (Å²) < 4.78 is 16.2. The van der Waals surface area contributed by atoms with E-state index in [0.29, 0.717) is 19.6 Å². The van der Waals surface area contributed by atoms with Crippen molar-refractivity contribution >= 4 is 7.60 Å². The molecule has 6 nitrogen and oxygen atoms in total. The first kappa shape index (κ1) is 20.0. The van der Waals surface area contributed by atoms with Gasteiger partial charge in [0.1, 0.15) is 0 Å². The first-order valence-corrected chi connectivity index (χ1v) is 7.52. The number of nitrogens with one attached hydrogen (secondary N) is 2. The van der Waals surface area contributed by atoms with Crippen LogP contribution in [0, 0.1) is 0 Å². The molecule has 0 saturated carbocycles. The molecule has 0 aromatic heterocycles. The molecule has 0 bridgehead atoms. The molecule has 1 atom stereocenters. The zero-order valence-corrected chi connectivity index (χ0v) is 11.8. The van der Waals surface area contributed by atoms with Gasteiger partial charge < -0.3 is 17.4 Å². The second-order valence-electron chi connectivity index (χ2n) is 3.59. The van der Waals surface area contributed by atoms with Crippen LogP contribution in [0.3, 0.4) is 0 Å². The molecular formula is C9H25LiN3O3P. The Morgan fingerprint density at radius 3 is 2.65 bits per heavy atom. The number of hydrogen-bond donors (Lipinski definition) is 4. The van der Waals surface area contributed by atoms with Gasteiger partial charge in [-0.05, 0) is 6.42 Å². The Bertz CT molecular complexity index is 215. The molecule has 5 N–H and O–H groups in total. The number of nitrogens with two attached hydrogens (primary N) is 1. The fraction of sp³-hybridized carbons (Fsp3) is 1.00. The van der Waals surface area contributed by atoms with Gasteiger partial charge in [-0.1, -0.05) is 19.8 Å². The van der Waals surface area contributed by atoms with Crippen molar-refractivity contribution in [1.29, 1.82) is 0 Å². The molecule has 0 rings (SSSR count). The first-order chi connectivity index (χ1) is 7.62. The largest absolute Gasteiger partial charge is 1.00 e. The molecule has 0 saturated heterocycles. The van der Waals surface area contributed by atoms with Crippen molar-refractivity contribution in [3.05, 3.63) is 0 Å². The molecule has 0 aromatic rings. The van der Waals surface area contributed by atoms with Crippen LogP contribution < -0.4 is 35.4 Å². The zero-order chi connectivity index (χ0) is 12.3. The van der Waals surface area contributed by atoms with Crippen molar-refractivity contribution in [2.45, 2.75) is 26.2 Å². The summed E-state index contributed by atoms with van der Waals surface area (Å²) in [5.41, 5.74) is 7.78. The molecule has 0 heterocycles. The fourth-order valence-corrected chi connectivity index (χ4v) is 2.13. The summed E-state index contributed by atoms with van der Waals surface area (Å²) in [7, 11) is -3.44. The molecule has 0 aliphatic heterocycles. The van der Waals surface area contributed by atoms with E-state index < -0.39 is 7.60 Å². The van der Waals surface area contributed by atoms with Crippen molar-refractivity contribution < 1.29 is 34.4 Å². The van der Waals surface area contributed by atoms with E-state index in [1.807, 2.05) is 6.92 Å². The Balaban J connectivity index is -0.00000112. The Labute approximate surface area is 117 Å². The summed E-state index contributed by atoms with van der Waals surface area (Å²) in [6, 6.07) is 0. The van der Waals surface area contributed by atoms with E-state index in [2.05, 4.69) is 10.8 Å². The van der Waals surface area contributed by atoms with E-state index in [1.54, 1.807) is 0 Å². The summed E-state index contributed by atoms with van der Waals surface area (Å²) >= 11 is 0. The Kier molecular flexibility index (Phi) is 15.3. The Morgan fingerprint density at radius 1 is 1.35 bits per heavy atom. The molecule has 0 fully saturated rings. The van der Waals surface area contributed by atoms with Crippen molar-refractivity contribution in [1.82, 2.24) is 10.8 Å². The molecule has 0 spiro atoms. The quantitative estimate of drug-likeness (QED) is 0.143. The van der Waals surface area contributed by atoms with Crippen LogP contribution in [-0.2, 0) is 9.19 Å². The van der Waals surface area contributed by atoms with Gasteiger partial charge in [0.25, 0.3) is 0 Å². The van der Waals surface area contributed by atoms with Gasteiger partial charge in [-0.25, -0.2) is 4.62 Å². The van der Waals surface area contributed by atoms with E-state index >= 15 is 0 Å². The smallest absolute Gasteiger partial charge is 1.00 e. The van der Waals surface area contributed by atoms with Crippen LogP contribution in [0.5, 0.6) is 0 Å². The van der Waals surface area contributed by atoms with E-state index in [0.717, 1.165) is 25.8 Å². The molecular weight excluding hydrogens is 236 g/mol. The molecule has 0 aliphatic carbocycles. The maximum Gasteiger partial charge on any atom is 1.00 e. The van der Waals surface area contributed by atoms with E-state index in [4.69, 9.17) is 10.4 Å². The average Bonchev–Trinajstić information content (AvgIpc) is 2.23. The second-order valence-corrected chi connectivity index (χ2v) is 5.50. The third kappa shape index (κ3) is 14.6. The summed E-state index contributed by atoms with van der Waals surface area (Å²) in [6.45, 7) is 4.50. The molecule has 8 heteroatoms. The minimum atomic E-state index is -3.44. The van der Waals surface area contributed by atoms with Gasteiger partial charge in [0.2, 0.25) is 0 Å². The molecule has 0 radical (unpaired) electrons. The molecule has 0 aromatic carbocycles. The number of hydrogen-bond acceptors (Lipinski definition) is 5. The van der Waals surface area contributed by atoms with Crippen molar-refractivity contribution in [2.75, 3.05) is 32.3 Å². The number of hydroxylamine groups is 1. The van der Waals surface area contributed by atoms with Gasteiger partial charge in [-0.15, -0.1) is 0 Å². The van der Waals surface area contributed by atoms with Crippen LogP contribution in [0.25, 0.3) is 0 Å². The van der Waals surface area contributed by atoms with Gasteiger partial charge in [0.05, 0.1) is 6.16 Å². The van der Waals surface area contributed by atoms with Gasteiger partial charge in [0, 0.05) is 26.2 Å². The predicted octanol–water partition coefficient (Wildman–Crippen LogP) is -2.45. The second kappa shape index (κ2) is 13.1. The SMILES string of the molecule is CCCCCP(=O)(O)ONCCNCCN.[H-].[Li+]. The standard InChI is InChI=1S/C9H24N3O3P.Li.H/c1-2-3-4-9-16(13,14)15-12-8-7-11-6-5-10;;/h11-12H,2-10H2,1H3,(H,13,14);;/q;+1;-1. The topological polar surface area (TPSA) is 96.6 Å². The summed E-state index contributed by atoms with van der Waals surface area (Å²) in [5, 5.41) is 3.03. The van der Waals surface area contributed by atoms with Crippen LogP contribution in [0.1, 0.15) is 27.6 Å². The first-order valence-electron chi connectivity index (χ1n) is 5.76. The maximum atomic E-state index is 11.4. The van der Waals surface area contributed by atoms with Gasteiger partial charge >= 0.3 is 26.5 Å². The number of unbranched alkanes of at least 4 members (excludes halogenated alkanes) is 2. The Morgan fingerprint density at radius 2 is 2.06 bits per heavy atom. The summed E-state index contributed by atoms with van der Waals surface area (Å²) in [4.78, 5) is 9.37. The predicted molar refractivity (Wildman–Crippen MR) is 66.3 cm³/mol. The van der Waals surface area contributed by atoms with Gasteiger partial charge in [-0.2, -0.15) is 5.48 Å². The molecule has 100 valence electrons. The minimum absolute atomic E-state index is 0. The van der Waals surface area contributed by atoms with Crippen molar-refractivity contribution in [3.8, 4) is 0 Å². The summed E-state index contributed by atoms with van der Waals surface area (Å²) in [6.07, 6.45) is 2.91. The third-order valence-corrected chi connectivity index (χ3v) is 3.27. The van der Waals surface area contributed by atoms with E-state index in [-0.39, 0.29) is 26.4 Å². The molecule has 1 unspecified atom stereocenters. The third-order valence-electron chi connectivity index (χ3n) is 1.98. The van der Waals surface area contributed by atoms with Crippen LogP contribution in [0.4, 0.5) is 0 Å². The van der Waals surface area contributed by atoms with Crippen LogP contribution >= 0.6 is 7.60 Å². The molecule has 0 amide bonds. The van der Waals surface area contributed by atoms with Crippen molar-refractivity contribution in [2.24, 2.45) is 5.73 Å². The number of rotatable bonds is 11. The van der Waals surface area contributed by atoms with Gasteiger partial charge in [-0.3, -0.25) is 4.57 Å². The molecule has 0 aliphatic rings. The normalized spacial score (nSPS) is 14.1. The monoisotopic (exact) mass is 261 g/mol. The summed E-state index contributed by atoms with van der Waals surface area (Å²) in [5.74, 6) is 0. The van der Waals surface area contributed by atoms with Crippen LogP contribution in [0.2, 0.25) is 0 Å². The fourth-order valence-electron chi connectivity index (χ4n) is 1.12. The van der Waals surface area contributed by atoms with Crippen LogP contribution in [-0.4, -0.2) is 37.2 Å². The maximum absolute atomic E-state index is 11.4. The van der Waals surface area contributed by atoms with Crippen molar-refractivity contribution in [3.63, 3.8) is 0 Å². The van der Waals surface area contributed by atoms with Gasteiger partial charge in [0.15, 0.2) is 0 Å². The zero-order valence-electron chi connectivity index (χ0n) is 11.9. The van der Waals surface area contributed by atoms with E-state index in [1.165, 1.54) is 0 Å². The van der Waals surface area contributed by atoms with Crippen LogP contribution in [0.15, 0.2) is 0 Å².